The Kier molecular flexibility index (Phi) is 8.74. The highest BCUT2D eigenvalue weighted by Crippen LogP contribution is 2.17. The van der Waals surface area contributed by atoms with Crippen molar-refractivity contribution in [3.05, 3.63) is 83.9 Å². The van der Waals surface area contributed by atoms with Gasteiger partial charge in [0, 0.05) is 31.2 Å². The Morgan fingerprint density at radius 2 is 1.81 bits per heavy atom. The first-order valence-electron chi connectivity index (χ1n) is 12.9. The molecule has 1 heterocycles. The minimum Gasteiger partial charge on any atom is -0.370 e. The van der Waals surface area contributed by atoms with E-state index in [9.17, 15) is 9.59 Å². The highest BCUT2D eigenvalue weighted by Gasteiger charge is 2.35. The van der Waals surface area contributed by atoms with E-state index in [2.05, 4.69) is 27.8 Å². The van der Waals surface area contributed by atoms with Gasteiger partial charge in [0.15, 0.2) is 5.96 Å². The number of guanidine groups is 1. The zero-order chi connectivity index (χ0) is 26.2. The summed E-state index contributed by atoms with van der Waals surface area (Å²) in [6.45, 7) is 3.54. The average Bonchev–Trinajstić information content (AvgIpc) is 3.07. The number of nitrogens with one attached hydrogen (secondary N) is 2. The van der Waals surface area contributed by atoms with Gasteiger partial charge in [0.25, 0.3) is 5.91 Å². The van der Waals surface area contributed by atoms with Gasteiger partial charge in [-0.15, -0.1) is 0 Å². The molecule has 3 atom stereocenters. The molecule has 8 nitrogen and oxygen atoms in total. The highest BCUT2D eigenvalue weighted by atomic mass is 16.2. The molecule has 0 aliphatic carbocycles. The highest BCUT2D eigenvalue weighted by molar-refractivity contribution is 5.98. The predicted molar refractivity (Wildman–Crippen MR) is 148 cm³/mol. The standard InChI is InChI=1S/C29H36N6O2/c1-2-25(34-29(30)31)26-28(37)35(16-14-20-8-4-3-5-9-20)17-15-24(33-26)19-32-27(36)23-13-12-21-10-6-7-11-22(21)18-23/h3-13,18,24-26,33H,2,14-17,19H2,1H3,(H,32,36)(H4,30,31,34)/t24-,25?,26-/m0/s1. The Labute approximate surface area is 218 Å². The predicted octanol–water partition coefficient (Wildman–Crippen LogP) is 2.42. The summed E-state index contributed by atoms with van der Waals surface area (Å²) >= 11 is 0. The van der Waals surface area contributed by atoms with E-state index in [1.807, 2.05) is 72.5 Å². The van der Waals surface area contributed by atoms with Crippen molar-refractivity contribution in [2.75, 3.05) is 19.6 Å². The maximum Gasteiger partial charge on any atom is 0.251 e. The number of benzene rings is 3. The van der Waals surface area contributed by atoms with Gasteiger partial charge in [-0.2, -0.15) is 0 Å². The van der Waals surface area contributed by atoms with Crippen molar-refractivity contribution >= 4 is 28.5 Å². The number of fused-ring (bicyclic) bond motifs is 1. The van der Waals surface area contributed by atoms with Crippen LogP contribution in [0.5, 0.6) is 0 Å². The molecule has 3 aromatic rings. The molecule has 0 radical (unpaired) electrons. The number of nitrogens with zero attached hydrogens (tertiary/aromatic N) is 2. The quantitative estimate of drug-likeness (QED) is 0.265. The summed E-state index contributed by atoms with van der Waals surface area (Å²) in [7, 11) is 0. The fraction of sp³-hybridized carbons (Fsp3) is 0.345. The molecule has 1 unspecified atom stereocenters. The van der Waals surface area contributed by atoms with Crippen molar-refractivity contribution < 1.29 is 9.59 Å². The van der Waals surface area contributed by atoms with Gasteiger partial charge >= 0.3 is 0 Å². The molecular formula is C29H36N6O2. The van der Waals surface area contributed by atoms with Crippen molar-refractivity contribution in [3.8, 4) is 0 Å². The van der Waals surface area contributed by atoms with Crippen LogP contribution in [0.4, 0.5) is 0 Å². The molecule has 4 rings (SSSR count). The second-order valence-corrected chi connectivity index (χ2v) is 9.49. The summed E-state index contributed by atoms with van der Waals surface area (Å²) in [5, 5.41) is 8.62. The van der Waals surface area contributed by atoms with E-state index >= 15 is 0 Å². The molecule has 0 saturated carbocycles. The van der Waals surface area contributed by atoms with Crippen LogP contribution in [-0.2, 0) is 11.2 Å². The van der Waals surface area contributed by atoms with Crippen molar-refractivity contribution in [1.82, 2.24) is 15.5 Å². The number of hydrogen-bond acceptors (Lipinski definition) is 4. The first-order valence-corrected chi connectivity index (χ1v) is 12.9. The van der Waals surface area contributed by atoms with Gasteiger partial charge in [0.2, 0.25) is 5.91 Å². The van der Waals surface area contributed by atoms with E-state index in [0.29, 0.717) is 38.0 Å². The van der Waals surface area contributed by atoms with Crippen LogP contribution in [-0.4, -0.2) is 60.4 Å². The lowest BCUT2D eigenvalue weighted by atomic mass is 10.0. The third kappa shape index (κ3) is 6.86. The zero-order valence-corrected chi connectivity index (χ0v) is 21.3. The molecule has 194 valence electrons. The summed E-state index contributed by atoms with van der Waals surface area (Å²) < 4.78 is 0. The van der Waals surface area contributed by atoms with Crippen molar-refractivity contribution in [2.24, 2.45) is 16.5 Å². The summed E-state index contributed by atoms with van der Waals surface area (Å²) in [5.74, 6) is -0.198. The fourth-order valence-electron chi connectivity index (χ4n) is 4.84. The number of carbonyl (C=O) groups excluding carboxylic acids is 2. The van der Waals surface area contributed by atoms with E-state index in [-0.39, 0.29) is 23.8 Å². The van der Waals surface area contributed by atoms with Crippen molar-refractivity contribution in [1.29, 1.82) is 0 Å². The van der Waals surface area contributed by atoms with Gasteiger partial charge in [0.1, 0.15) is 6.04 Å². The smallest absolute Gasteiger partial charge is 0.251 e. The van der Waals surface area contributed by atoms with Gasteiger partial charge < -0.3 is 21.7 Å². The van der Waals surface area contributed by atoms with E-state index in [1.165, 1.54) is 5.56 Å². The minimum absolute atomic E-state index is 0.0175. The Morgan fingerprint density at radius 1 is 1.08 bits per heavy atom. The first-order chi connectivity index (χ1) is 17.9. The number of amides is 2. The third-order valence-electron chi connectivity index (χ3n) is 6.89. The molecule has 6 N–H and O–H groups in total. The number of hydrogen-bond donors (Lipinski definition) is 4. The molecule has 0 spiro atoms. The first kappa shape index (κ1) is 26.2. The molecule has 37 heavy (non-hydrogen) atoms. The van der Waals surface area contributed by atoms with Gasteiger partial charge in [-0.25, -0.2) is 4.99 Å². The van der Waals surface area contributed by atoms with Crippen LogP contribution in [0.15, 0.2) is 77.8 Å². The fourth-order valence-corrected chi connectivity index (χ4v) is 4.84. The van der Waals surface area contributed by atoms with Gasteiger partial charge in [0.05, 0.1) is 6.04 Å². The lowest BCUT2D eigenvalue weighted by Crippen LogP contribution is -2.54. The van der Waals surface area contributed by atoms with Gasteiger partial charge in [-0.3, -0.25) is 14.9 Å². The molecule has 1 aliphatic rings. The maximum absolute atomic E-state index is 13.6. The van der Waals surface area contributed by atoms with Gasteiger partial charge in [-0.05, 0) is 47.7 Å². The van der Waals surface area contributed by atoms with Crippen LogP contribution in [0.2, 0.25) is 0 Å². The Morgan fingerprint density at radius 3 is 2.54 bits per heavy atom. The van der Waals surface area contributed by atoms with Crippen LogP contribution in [0, 0.1) is 0 Å². The second-order valence-electron chi connectivity index (χ2n) is 9.49. The average molecular weight is 501 g/mol. The summed E-state index contributed by atoms with van der Waals surface area (Å²) in [5.41, 5.74) is 13.2. The Hall–Kier alpha value is -3.91. The monoisotopic (exact) mass is 500 g/mol. The summed E-state index contributed by atoms with van der Waals surface area (Å²) in [6, 6.07) is 22.7. The minimum atomic E-state index is -0.576. The number of rotatable bonds is 9. The van der Waals surface area contributed by atoms with E-state index in [4.69, 9.17) is 11.5 Å². The molecule has 1 saturated heterocycles. The van der Waals surface area contributed by atoms with Crippen LogP contribution in [0.3, 0.4) is 0 Å². The van der Waals surface area contributed by atoms with Crippen LogP contribution in [0.1, 0.15) is 35.7 Å². The van der Waals surface area contributed by atoms with E-state index in [0.717, 1.165) is 17.2 Å². The maximum atomic E-state index is 13.6. The summed E-state index contributed by atoms with van der Waals surface area (Å²) in [4.78, 5) is 32.8. The SMILES string of the molecule is CCC(N=C(N)N)[C@@H]1N[C@H](CNC(=O)c2ccc3ccccc3c2)CCN(CCc2ccccc2)C1=O. The van der Waals surface area contributed by atoms with Crippen LogP contribution >= 0.6 is 0 Å². The molecule has 1 fully saturated rings. The Bertz CT molecular complexity index is 1240. The van der Waals surface area contributed by atoms with Crippen molar-refractivity contribution in [2.45, 2.75) is 44.3 Å². The van der Waals surface area contributed by atoms with Crippen molar-refractivity contribution in [3.63, 3.8) is 0 Å². The third-order valence-corrected chi connectivity index (χ3v) is 6.89. The van der Waals surface area contributed by atoms with E-state index in [1.54, 1.807) is 0 Å². The van der Waals surface area contributed by atoms with Crippen LogP contribution in [0.25, 0.3) is 10.8 Å². The largest absolute Gasteiger partial charge is 0.370 e. The molecule has 0 bridgehead atoms. The normalized spacial score (nSPS) is 18.7. The molecule has 1 aliphatic heterocycles. The molecule has 8 heteroatoms. The topological polar surface area (TPSA) is 126 Å². The molecule has 2 amide bonds. The van der Waals surface area contributed by atoms with E-state index < -0.39 is 12.1 Å². The second kappa shape index (κ2) is 12.4. The molecule has 3 aromatic carbocycles. The summed E-state index contributed by atoms with van der Waals surface area (Å²) in [6.07, 6.45) is 2.07. The number of aliphatic imine (C=N–C) groups is 1. The molecule has 0 aromatic heterocycles. The lowest BCUT2D eigenvalue weighted by Gasteiger charge is -2.28. The zero-order valence-electron chi connectivity index (χ0n) is 21.3. The number of carbonyl (C=O) groups is 2. The van der Waals surface area contributed by atoms with Gasteiger partial charge in [-0.1, -0.05) is 67.6 Å². The molecular weight excluding hydrogens is 464 g/mol. The Balaban J connectivity index is 1.46. The van der Waals surface area contributed by atoms with Crippen LogP contribution < -0.4 is 22.1 Å². The number of nitrogens with two attached hydrogens (primary N) is 2. The lowest BCUT2D eigenvalue weighted by molar-refractivity contribution is -0.133.